The Morgan fingerprint density at radius 2 is 2.31 bits per heavy atom. The highest BCUT2D eigenvalue weighted by Gasteiger charge is 2.22. The van der Waals surface area contributed by atoms with Crippen molar-refractivity contribution in [2.45, 2.75) is 12.8 Å². The Balaban J connectivity index is 2.01. The lowest BCUT2D eigenvalue weighted by atomic mass is 10.5. The second-order valence-electron chi connectivity index (χ2n) is 3.07. The van der Waals surface area contributed by atoms with Gasteiger partial charge in [-0.1, -0.05) is 11.6 Å². The fourth-order valence-corrected chi connectivity index (χ4v) is 1.80. The normalized spacial score (nSPS) is 15.8. The summed E-state index contributed by atoms with van der Waals surface area (Å²) in [5.41, 5.74) is 0. The Morgan fingerprint density at radius 1 is 1.54 bits per heavy atom. The molecule has 70 valence electrons. The number of hydrogen-bond donors (Lipinski definition) is 0. The first-order valence-corrected chi connectivity index (χ1v) is 5.53. The smallest absolute Gasteiger partial charge is 0.247 e. The molecule has 1 fully saturated rings. The van der Waals surface area contributed by atoms with E-state index in [0.717, 1.165) is 16.1 Å². The zero-order chi connectivity index (χ0) is 9.26. The van der Waals surface area contributed by atoms with Gasteiger partial charge >= 0.3 is 0 Å². The van der Waals surface area contributed by atoms with E-state index in [2.05, 4.69) is 32.8 Å². The van der Waals surface area contributed by atoms with Crippen molar-refractivity contribution in [3.8, 4) is 5.88 Å². The molecule has 0 aliphatic heterocycles. The summed E-state index contributed by atoms with van der Waals surface area (Å²) in [5, 5.41) is 8.00. The zero-order valence-corrected chi connectivity index (χ0v) is 9.75. The van der Waals surface area contributed by atoms with Crippen molar-refractivity contribution in [1.29, 1.82) is 0 Å². The van der Waals surface area contributed by atoms with Gasteiger partial charge in [0.05, 0.1) is 10.2 Å². The number of aromatic nitrogens is 2. The molecule has 1 aliphatic rings. The van der Waals surface area contributed by atoms with E-state index in [-0.39, 0.29) is 0 Å². The van der Waals surface area contributed by atoms with E-state index in [4.69, 9.17) is 16.3 Å². The number of nitrogens with zero attached hydrogens (tertiary/aromatic N) is 2. The van der Waals surface area contributed by atoms with E-state index in [1.165, 1.54) is 12.8 Å². The maximum absolute atomic E-state index is 5.66. The molecule has 0 spiro atoms. The maximum atomic E-state index is 5.66. The Hall–Kier alpha value is -0.100. The summed E-state index contributed by atoms with van der Waals surface area (Å²) < 4.78 is 6.39. The summed E-state index contributed by atoms with van der Waals surface area (Å²) in [7, 11) is 0. The number of halogens is 2. The molecule has 13 heavy (non-hydrogen) atoms. The third-order valence-electron chi connectivity index (χ3n) is 1.84. The van der Waals surface area contributed by atoms with E-state index < -0.39 is 0 Å². The SMILES string of the molecule is Clc1cc(I)c(OCC2CC2)nn1. The molecule has 0 unspecified atom stereocenters. The molecule has 3 nitrogen and oxygen atoms in total. The molecule has 1 saturated carbocycles. The molecule has 1 heterocycles. The molecule has 1 aliphatic carbocycles. The molecule has 0 saturated heterocycles. The van der Waals surface area contributed by atoms with Gasteiger partial charge in [0.1, 0.15) is 0 Å². The summed E-state index contributed by atoms with van der Waals surface area (Å²) in [6.07, 6.45) is 2.55. The summed E-state index contributed by atoms with van der Waals surface area (Å²) in [4.78, 5) is 0. The maximum Gasteiger partial charge on any atom is 0.247 e. The van der Waals surface area contributed by atoms with Crippen LogP contribution in [0.4, 0.5) is 0 Å². The van der Waals surface area contributed by atoms with Crippen LogP contribution in [-0.2, 0) is 0 Å². The second-order valence-corrected chi connectivity index (χ2v) is 4.62. The van der Waals surface area contributed by atoms with Crippen LogP contribution in [0.15, 0.2) is 6.07 Å². The Bertz CT molecular complexity index is 317. The molecule has 1 aromatic heterocycles. The molecule has 1 aromatic rings. The first-order chi connectivity index (χ1) is 6.25. The molecule has 0 radical (unpaired) electrons. The van der Waals surface area contributed by atoms with Crippen molar-refractivity contribution in [2.75, 3.05) is 6.61 Å². The van der Waals surface area contributed by atoms with E-state index in [9.17, 15) is 0 Å². The van der Waals surface area contributed by atoms with Gasteiger partial charge < -0.3 is 4.74 Å². The minimum atomic E-state index is 0.406. The largest absolute Gasteiger partial charge is 0.476 e. The molecule has 0 bridgehead atoms. The van der Waals surface area contributed by atoms with Gasteiger partial charge in [0.25, 0.3) is 0 Å². The van der Waals surface area contributed by atoms with Gasteiger partial charge in [-0.05, 0) is 47.4 Å². The predicted molar refractivity (Wildman–Crippen MR) is 58.0 cm³/mol. The van der Waals surface area contributed by atoms with Crippen LogP contribution in [0, 0.1) is 9.49 Å². The zero-order valence-electron chi connectivity index (χ0n) is 6.83. The van der Waals surface area contributed by atoms with Crippen molar-refractivity contribution in [1.82, 2.24) is 10.2 Å². The average molecular weight is 311 g/mol. The number of ether oxygens (including phenoxy) is 1. The molecule has 5 heteroatoms. The Morgan fingerprint density at radius 3 is 2.92 bits per heavy atom. The van der Waals surface area contributed by atoms with Crippen LogP contribution < -0.4 is 4.74 Å². The van der Waals surface area contributed by atoms with Crippen molar-refractivity contribution in [2.24, 2.45) is 5.92 Å². The summed E-state index contributed by atoms with van der Waals surface area (Å²) >= 11 is 7.80. The second kappa shape index (κ2) is 3.96. The summed E-state index contributed by atoms with van der Waals surface area (Å²) in [6, 6.07) is 1.75. The van der Waals surface area contributed by atoms with E-state index in [0.29, 0.717) is 11.0 Å². The molecule has 2 rings (SSSR count). The highest BCUT2D eigenvalue weighted by atomic mass is 127. The van der Waals surface area contributed by atoms with Crippen molar-refractivity contribution in [3.05, 3.63) is 14.8 Å². The minimum absolute atomic E-state index is 0.406. The Labute approximate surface area is 95.0 Å². The minimum Gasteiger partial charge on any atom is -0.476 e. The molecule has 0 amide bonds. The van der Waals surface area contributed by atoms with Crippen molar-refractivity contribution < 1.29 is 4.74 Å². The van der Waals surface area contributed by atoms with Crippen LogP contribution in [0.3, 0.4) is 0 Å². The van der Waals surface area contributed by atoms with Gasteiger partial charge in [-0.2, -0.15) is 0 Å². The fraction of sp³-hybridized carbons (Fsp3) is 0.500. The van der Waals surface area contributed by atoms with Gasteiger partial charge in [-0.25, -0.2) is 0 Å². The highest BCUT2D eigenvalue weighted by Crippen LogP contribution is 2.30. The van der Waals surface area contributed by atoms with E-state index in [1.54, 1.807) is 6.07 Å². The van der Waals surface area contributed by atoms with Crippen molar-refractivity contribution >= 4 is 34.2 Å². The topological polar surface area (TPSA) is 35.0 Å². The van der Waals surface area contributed by atoms with Crippen LogP contribution in [0.1, 0.15) is 12.8 Å². The van der Waals surface area contributed by atoms with Crippen molar-refractivity contribution in [3.63, 3.8) is 0 Å². The molecular weight excluding hydrogens is 302 g/mol. The molecule has 0 atom stereocenters. The monoisotopic (exact) mass is 310 g/mol. The summed E-state index contributed by atoms with van der Waals surface area (Å²) in [5.74, 6) is 1.32. The van der Waals surface area contributed by atoms with Gasteiger partial charge in [0.15, 0.2) is 5.15 Å². The lowest BCUT2D eigenvalue weighted by Crippen LogP contribution is -2.03. The quantitative estimate of drug-likeness (QED) is 0.805. The predicted octanol–water partition coefficient (Wildman–Crippen LogP) is 2.52. The molecule has 0 aromatic carbocycles. The first-order valence-electron chi connectivity index (χ1n) is 4.07. The van der Waals surface area contributed by atoms with Gasteiger partial charge in [0, 0.05) is 0 Å². The van der Waals surface area contributed by atoms with E-state index >= 15 is 0 Å². The third-order valence-corrected chi connectivity index (χ3v) is 2.80. The van der Waals surface area contributed by atoms with Crippen LogP contribution in [0.5, 0.6) is 5.88 Å². The third kappa shape index (κ3) is 2.67. The number of rotatable bonds is 3. The van der Waals surface area contributed by atoms with Crippen LogP contribution in [0.2, 0.25) is 5.15 Å². The first kappa shape index (κ1) is 9.45. The van der Waals surface area contributed by atoms with Crippen LogP contribution >= 0.6 is 34.2 Å². The Kier molecular flexibility index (Phi) is 2.88. The van der Waals surface area contributed by atoms with Gasteiger partial charge in [0.2, 0.25) is 5.88 Å². The summed E-state index contributed by atoms with van der Waals surface area (Å²) in [6.45, 7) is 0.756. The highest BCUT2D eigenvalue weighted by molar-refractivity contribution is 14.1. The fourth-order valence-electron chi connectivity index (χ4n) is 0.915. The standard InChI is InChI=1S/C8H8ClIN2O/c9-7-3-6(10)8(12-11-7)13-4-5-1-2-5/h3,5H,1-2,4H2. The van der Waals surface area contributed by atoms with Gasteiger partial charge in [-0.3, -0.25) is 0 Å². The van der Waals surface area contributed by atoms with E-state index in [1.807, 2.05) is 0 Å². The van der Waals surface area contributed by atoms with Gasteiger partial charge in [-0.15, -0.1) is 10.2 Å². The lowest BCUT2D eigenvalue weighted by molar-refractivity contribution is 0.283. The van der Waals surface area contributed by atoms with Crippen LogP contribution in [0.25, 0.3) is 0 Å². The molecule has 0 N–H and O–H groups in total. The lowest BCUT2D eigenvalue weighted by Gasteiger charge is -2.04. The molecular formula is C8H8ClIN2O. The number of hydrogen-bond acceptors (Lipinski definition) is 3. The van der Waals surface area contributed by atoms with Crippen LogP contribution in [-0.4, -0.2) is 16.8 Å². The average Bonchev–Trinajstić information content (AvgIpc) is 2.86.